The summed E-state index contributed by atoms with van der Waals surface area (Å²) in [5.74, 6) is -0.747. The largest absolute Gasteiger partial charge is 0.497 e. The molecule has 0 radical (unpaired) electrons. The van der Waals surface area contributed by atoms with E-state index >= 15 is 0 Å². The van der Waals surface area contributed by atoms with Crippen LogP contribution in [0.15, 0.2) is 12.1 Å². The lowest BCUT2D eigenvalue weighted by atomic mass is 10.1. The van der Waals surface area contributed by atoms with Gasteiger partial charge in [-0.3, -0.25) is 4.79 Å². The summed E-state index contributed by atoms with van der Waals surface area (Å²) in [5.41, 5.74) is 0.356. The maximum absolute atomic E-state index is 13.4. The SMILES string of the molecule is COc1cc(C)c(F)c(C(=O)CCl)c1. The summed E-state index contributed by atoms with van der Waals surface area (Å²) in [4.78, 5) is 11.2. The highest BCUT2D eigenvalue weighted by Gasteiger charge is 2.14. The number of rotatable bonds is 3. The third kappa shape index (κ3) is 2.04. The Morgan fingerprint density at radius 3 is 2.71 bits per heavy atom. The highest BCUT2D eigenvalue weighted by molar-refractivity contribution is 6.30. The average molecular weight is 217 g/mol. The molecule has 14 heavy (non-hydrogen) atoms. The van der Waals surface area contributed by atoms with Gasteiger partial charge >= 0.3 is 0 Å². The van der Waals surface area contributed by atoms with E-state index in [2.05, 4.69) is 0 Å². The van der Waals surface area contributed by atoms with Crippen molar-refractivity contribution in [2.24, 2.45) is 0 Å². The van der Waals surface area contributed by atoms with Crippen LogP contribution in [0.3, 0.4) is 0 Å². The minimum absolute atomic E-state index is 0.0168. The molecule has 4 heteroatoms. The summed E-state index contributed by atoms with van der Waals surface area (Å²) in [6.07, 6.45) is 0. The molecule has 76 valence electrons. The lowest BCUT2D eigenvalue weighted by molar-refractivity contribution is 0.101. The molecular formula is C10H10ClFO2. The summed E-state index contributed by atoms with van der Waals surface area (Å²) in [6.45, 7) is 1.57. The molecule has 0 N–H and O–H groups in total. The van der Waals surface area contributed by atoms with Crippen LogP contribution in [0.5, 0.6) is 5.75 Å². The van der Waals surface area contributed by atoms with E-state index in [1.807, 2.05) is 0 Å². The molecule has 0 amide bonds. The van der Waals surface area contributed by atoms with Gasteiger partial charge in [-0.2, -0.15) is 0 Å². The minimum atomic E-state index is -0.531. The number of ketones is 1. The summed E-state index contributed by atoms with van der Waals surface area (Å²) in [5, 5.41) is 0. The molecule has 0 aliphatic heterocycles. The molecule has 1 rings (SSSR count). The fourth-order valence-electron chi connectivity index (χ4n) is 1.13. The van der Waals surface area contributed by atoms with Crippen molar-refractivity contribution in [2.75, 3.05) is 13.0 Å². The van der Waals surface area contributed by atoms with Crippen LogP contribution in [0.2, 0.25) is 0 Å². The smallest absolute Gasteiger partial charge is 0.180 e. The lowest BCUT2D eigenvalue weighted by Crippen LogP contribution is -2.05. The number of aryl methyl sites for hydroxylation is 1. The molecular weight excluding hydrogens is 207 g/mol. The Bertz CT molecular complexity index is 363. The van der Waals surface area contributed by atoms with Gasteiger partial charge < -0.3 is 4.74 Å². The van der Waals surface area contributed by atoms with Crippen molar-refractivity contribution >= 4 is 17.4 Å². The van der Waals surface area contributed by atoms with Crippen LogP contribution >= 0.6 is 11.6 Å². The normalized spacial score (nSPS) is 10.0. The van der Waals surface area contributed by atoms with Gasteiger partial charge in [-0.15, -0.1) is 11.6 Å². The van der Waals surface area contributed by atoms with E-state index in [0.29, 0.717) is 11.3 Å². The first-order chi connectivity index (χ1) is 6.60. The van der Waals surface area contributed by atoms with Crippen LogP contribution in [0, 0.1) is 12.7 Å². The number of hydrogen-bond acceptors (Lipinski definition) is 2. The van der Waals surface area contributed by atoms with E-state index in [0.717, 1.165) is 0 Å². The quantitative estimate of drug-likeness (QED) is 0.574. The Balaban J connectivity index is 3.27. The summed E-state index contributed by atoms with van der Waals surface area (Å²) >= 11 is 5.35. The maximum Gasteiger partial charge on any atom is 0.180 e. The van der Waals surface area contributed by atoms with E-state index < -0.39 is 11.6 Å². The topological polar surface area (TPSA) is 26.3 Å². The number of benzene rings is 1. The molecule has 0 aliphatic rings. The third-order valence-corrected chi connectivity index (χ3v) is 2.13. The van der Waals surface area contributed by atoms with Gasteiger partial charge in [0.05, 0.1) is 18.6 Å². The number of carbonyl (C=O) groups is 1. The van der Waals surface area contributed by atoms with Gasteiger partial charge in [-0.05, 0) is 24.6 Å². The van der Waals surface area contributed by atoms with E-state index in [9.17, 15) is 9.18 Å². The van der Waals surface area contributed by atoms with Crippen molar-refractivity contribution in [1.29, 1.82) is 0 Å². The van der Waals surface area contributed by atoms with Crippen LogP contribution in [0.4, 0.5) is 4.39 Å². The average Bonchev–Trinajstić information content (AvgIpc) is 2.20. The number of carbonyl (C=O) groups excluding carboxylic acids is 1. The molecule has 0 aliphatic carbocycles. The molecule has 0 saturated heterocycles. The highest BCUT2D eigenvalue weighted by atomic mass is 35.5. The van der Waals surface area contributed by atoms with Gasteiger partial charge in [0.2, 0.25) is 0 Å². The molecule has 0 unspecified atom stereocenters. The Hall–Kier alpha value is -1.09. The molecule has 0 aromatic heterocycles. The van der Waals surface area contributed by atoms with Crippen molar-refractivity contribution in [3.05, 3.63) is 29.1 Å². The van der Waals surface area contributed by atoms with Crippen molar-refractivity contribution in [2.45, 2.75) is 6.92 Å². The van der Waals surface area contributed by atoms with E-state index in [-0.39, 0.29) is 11.4 Å². The number of Topliss-reactive ketones (excluding diaryl/α,β-unsaturated/α-hetero) is 1. The Labute approximate surface area is 86.6 Å². The first-order valence-corrected chi connectivity index (χ1v) is 4.57. The van der Waals surface area contributed by atoms with Gasteiger partial charge in [0, 0.05) is 0 Å². The zero-order valence-electron chi connectivity index (χ0n) is 7.93. The predicted octanol–water partition coefficient (Wildman–Crippen LogP) is 2.56. The molecule has 0 fully saturated rings. The van der Waals surface area contributed by atoms with Crippen LogP contribution < -0.4 is 4.74 Å². The predicted molar refractivity (Wildman–Crippen MR) is 52.7 cm³/mol. The lowest BCUT2D eigenvalue weighted by Gasteiger charge is -2.06. The molecule has 0 bridgehead atoms. The summed E-state index contributed by atoms with van der Waals surface area (Å²) in [7, 11) is 1.46. The Kier molecular flexibility index (Phi) is 3.47. The molecule has 1 aromatic carbocycles. The van der Waals surface area contributed by atoms with Crippen LogP contribution in [0.25, 0.3) is 0 Å². The van der Waals surface area contributed by atoms with Gasteiger partial charge in [0.15, 0.2) is 5.78 Å². The second kappa shape index (κ2) is 4.42. The van der Waals surface area contributed by atoms with Crippen molar-refractivity contribution in [3.8, 4) is 5.75 Å². The van der Waals surface area contributed by atoms with Gasteiger partial charge in [0.25, 0.3) is 0 Å². The number of methoxy groups -OCH3 is 1. The second-order valence-electron chi connectivity index (χ2n) is 2.86. The van der Waals surface area contributed by atoms with Gasteiger partial charge in [0.1, 0.15) is 11.6 Å². The summed E-state index contributed by atoms with van der Waals surface area (Å²) < 4.78 is 18.3. The fourth-order valence-corrected chi connectivity index (χ4v) is 1.27. The Morgan fingerprint density at radius 2 is 2.21 bits per heavy atom. The molecule has 1 aromatic rings. The molecule has 2 nitrogen and oxygen atoms in total. The monoisotopic (exact) mass is 216 g/mol. The standard InChI is InChI=1S/C10H10ClFO2/c1-6-3-7(14-2)4-8(10(6)12)9(13)5-11/h3-4H,5H2,1-2H3. The van der Waals surface area contributed by atoms with Gasteiger partial charge in [-0.1, -0.05) is 0 Å². The van der Waals surface area contributed by atoms with Crippen LogP contribution in [0.1, 0.15) is 15.9 Å². The maximum atomic E-state index is 13.4. The van der Waals surface area contributed by atoms with Crippen molar-refractivity contribution in [1.82, 2.24) is 0 Å². The molecule has 0 spiro atoms. The number of ether oxygens (including phenoxy) is 1. The number of alkyl halides is 1. The zero-order chi connectivity index (χ0) is 10.7. The Morgan fingerprint density at radius 1 is 1.57 bits per heavy atom. The highest BCUT2D eigenvalue weighted by Crippen LogP contribution is 2.21. The minimum Gasteiger partial charge on any atom is -0.497 e. The van der Waals surface area contributed by atoms with Crippen molar-refractivity contribution < 1.29 is 13.9 Å². The number of hydrogen-bond donors (Lipinski definition) is 0. The molecule has 0 heterocycles. The fraction of sp³-hybridized carbons (Fsp3) is 0.300. The third-order valence-electron chi connectivity index (χ3n) is 1.89. The van der Waals surface area contributed by atoms with Crippen LogP contribution in [-0.2, 0) is 0 Å². The van der Waals surface area contributed by atoms with Gasteiger partial charge in [-0.25, -0.2) is 4.39 Å². The second-order valence-corrected chi connectivity index (χ2v) is 3.13. The first-order valence-electron chi connectivity index (χ1n) is 4.03. The first kappa shape index (κ1) is 11.0. The molecule has 0 saturated carbocycles. The van der Waals surface area contributed by atoms with E-state index in [1.54, 1.807) is 6.92 Å². The zero-order valence-corrected chi connectivity index (χ0v) is 8.69. The number of halogens is 2. The van der Waals surface area contributed by atoms with Crippen molar-refractivity contribution in [3.63, 3.8) is 0 Å². The molecule has 0 atom stereocenters. The van der Waals surface area contributed by atoms with E-state index in [1.165, 1.54) is 19.2 Å². The van der Waals surface area contributed by atoms with E-state index in [4.69, 9.17) is 16.3 Å². The summed E-state index contributed by atoms with van der Waals surface area (Å²) in [6, 6.07) is 2.88. The van der Waals surface area contributed by atoms with Crippen LogP contribution in [-0.4, -0.2) is 18.8 Å².